The summed E-state index contributed by atoms with van der Waals surface area (Å²) in [6.07, 6.45) is 16.8. The van der Waals surface area contributed by atoms with Crippen LogP contribution < -0.4 is 26.3 Å². The largest absolute Gasteiger partial charge is 0.474 e. The van der Waals surface area contributed by atoms with E-state index in [0.29, 0.717) is 36.7 Å². The molecule has 4 aliphatic rings. The molecule has 5 N–H and O–H groups in total. The summed E-state index contributed by atoms with van der Waals surface area (Å²) in [5.74, 6) is 1.20. The van der Waals surface area contributed by atoms with Gasteiger partial charge in [0.2, 0.25) is 23.6 Å². The van der Waals surface area contributed by atoms with Crippen molar-refractivity contribution < 1.29 is 28.5 Å². The van der Waals surface area contributed by atoms with Crippen LogP contribution in [0.25, 0.3) is 20.4 Å². The summed E-state index contributed by atoms with van der Waals surface area (Å²) in [5, 5.41) is 6.31. The average molecular weight is 954 g/mol. The molecule has 0 unspecified atom stereocenters. The molecule has 4 aromatic heterocycles. The van der Waals surface area contributed by atoms with Crippen molar-refractivity contribution in [3.63, 3.8) is 0 Å². The zero-order valence-corrected chi connectivity index (χ0v) is 39.3. The third-order valence-electron chi connectivity index (χ3n) is 12.1. The number of carbonyl (C=O) groups excluding carboxylic acids is 2. The van der Waals surface area contributed by atoms with Crippen LogP contribution in [0.2, 0.25) is 0 Å². The Morgan fingerprint density at radius 2 is 1.22 bits per heavy atom. The molecule has 2 amide bonds. The molecule has 14 nitrogen and oxygen atoms in total. The van der Waals surface area contributed by atoms with Gasteiger partial charge in [-0.2, -0.15) is 0 Å². The van der Waals surface area contributed by atoms with Gasteiger partial charge in [0.25, 0.3) is 0 Å². The van der Waals surface area contributed by atoms with Gasteiger partial charge < -0.3 is 40.6 Å². The standard InChI is InChI=1S/C21H30N4O3S.C18H24N4O2S.C3H7BrO.ClH/c1-25(9-10-27-2)14-4-6-15(7-5-14)28-20-19-18-13(11-17(22)26)3-8-16(18)29-21(19)24-12-23-20;1-20-11-3-5-12(6-4-11)24-17-16-15-10(8-14(19)23)2-7-13(15)25-18(16)22-9-21-17;1-5-3-2-4;/h12-15H,3-11H2,1-2H3,(H2,22,26);9-12,20H,2-8H2,1H3,(H2,19,23);2-3H2,1H3;1H/t13-,14?,15?;10-,11?,12?;;/m11../s1. The topological polar surface area (TPSA) is 190 Å². The summed E-state index contributed by atoms with van der Waals surface area (Å²) >= 11 is 6.59. The van der Waals surface area contributed by atoms with Crippen molar-refractivity contribution in [2.24, 2.45) is 11.5 Å². The number of nitrogens with two attached hydrogens (primary N) is 2. The lowest BCUT2D eigenvalue weighted by molar-refractivity contribution is -0.119. The van der Waals surface area contributed by atoms with Gasteiger partial charge in [-0.1, -0.05) is 15.9 Å². The van der Waals surface area contributed by atoms with E-state index in [2.05, 4.69) is 57.9 Å². The Hall–Kier alpha value is -2.77. The summed E-state index contributed by atoms with van der Waals surface area (Å²) < 4.78 is 22.6. The maximum atomic E-state index is 11.5. The second-order valence-corrected chi connectivity index (χ2v) is 19.0. The Balaban J connectivity index is 0.000000203. The molecule has 0 radical (unpaired) electrons. The molecule has 8 rings (SSSR count). The lowest BCUT2D eigenvalue weighted by Gasteiger charge is -2.34. The predicted octanol–water partition coefficient (Wildman–Crippen LogP) is 6.82. The summed E-state index contributed by atoms with van der Waals surface area (Å²) in [6, 6.07) is 1.18. The second-order valence-electron chi connectivity index (χ2n) is 16.0. The van der Waals surface area contributed by atoms with Crippen LogP contribution in [0.15, 0.2) is 12.7 Å². The highest BCUT2D eigenvalue weighted by Crippen LogP contribution is 2.48. The predicted molar refractivity (Wildman–Crippen MR) is 244 cm³/mol. The number of carbonyl (C=O) groups is 2. The maximum absolute atomic E-state index is 11.5. The second kappa shape index (κ2) is 23.6. The number of halogens is 2. The van der Waals surface area contributed by atoms with E-state index < -0.39 is 0 Å². The fourth-order valence-electron chi connectivity index (χ4n) is 9.04. The van der Waals surface area contributed by atoms with E-state index in [1.54, 1.807) is 49.5 Å². The quantitative estimate of drug-likeness (QED) is 0.106. The number of nitrogens with one attached hydrogen (secondary N) is 1. The van der Waals surface area contributed by atoms with Crippen molar-refractivity contribution in [2.45, 2.75) is 126 Å². The first-order valence-electron chi connectivity index (χ1n) is 21.0. The molecule has 2 fully saturated rings. The molecule has 0 aromatic carbocycles. The number of aromatic nitrogens is 4. The summed E-state index contributed by atoms with van der Waals surface area (Å²) in [7, 11) is 7.62. The molecular formula is C42H62BrClN8O6S2. The van der Waals surface area contributed by atoms with Crippen LogP contribution in [-0.2, 0) is 31.9 Å². The number of alkyl halides is 1. The van der Waals surface area contributed by atoms with Crippen molar-refractivity contribution in [2.75, 3.05) is 53.4 Å². The molecule has 2 atom stereocenters. The number of nitrogens with zero attached hydrogens (tertiary/aromatic N) is 5. The van der Waals surface area contributed by atoms with Crippen LogP contribution in [0, 0.1) is 0 Å². The lowest BCUT2D eigenvalue weighted by atomic mass is 9.92. The van der Waals surface area contributed by atoms with Gasteiger partial charge in [0.1, 0.15) is 34.5 Å². The van der Waals surface area contributed by atoms with E-state index in [1.807, 2.05) is 7.05 Å². The van der Waals surface area contributed by atoms with Crippen LogP contribution in [0.4, 0.5) is 0 Å². The average Bonchev–Trinajstić information content (AvgIpc) is 4.00. The number of thiophene rings is 2. The Morgan fingerprint density at radius 3 is 1.62 bits per heavy atom. The normalized spacial score (nSPS) is 23.2. The number of ether oxygens (including phenoxy) is 4. The molecule has 2 saturated carbocycles. The Kier molecular flexibility index (Phi) is 19.0. The minimum absolute atomic E-state index is 0. The van der Waals surface area contributed by atoms with Gasteiger partial charge in [-0.15, -0.1) is 35.1 Å². The SMILES string of the molecule is CNC1CCC(Oc2ncnc3sc4c(c23)[C@@H](CC(N)=O)CC4)CC1.COCCBr.COCCN(C)C1CCC(Oc2ncnc3sc4c(c23)[C@@H](CC(N)=O)CC4)CC1.Cl. The van der Waals surface area contributed by atoms with E-state index >= 15 is 0 Å². The summed E-state index contributed by atoms with van der Waals surface area (Å²) in [4.78, 5) is 47.7. The molecule has 0 saturated heterocycles. The van der Waals surface area contributed by atoms with E-state index in [-0.39, 0.29) is 48.3 Å². The van der Waals surface area contributed by atoms with E-state index in [9.17, 15) is 9.59 Å². The van der Waals surface area contributed by atoms with Crippen LogP contribution in [0.3, 0.4) is 0 Å². The van der Waals surface area contributed by atoms with Crippen LogP contribution >= 0.6 is 51.0 Å². The summed E-state index contributed by atoms with van der Waals surface area (Å²) in [5.41, 5.74) is 13.3. The van der Waals surface area contributed by atoms with Crippen LogP contribution in [0.5, 0.6) is 11.8 Å². The Labute approximate surface area is 376 Å². The number of likely N-dealkylation sites (N-methyl/N-ethyl adjacent to an activating group) is 1. The molecule has 0 spiro atoms. The first kappa shape index (κ1) is 48.3. The minimum Gasteiger partial charge on any atom is -0.474 e. The molecule has 0 aliphatic heterocycles. The Morgan fingerprint density at radius 1 is 0.750 bits per heavy atom. The van der Waals surface area contributed by atoms with E-state index in [0.717, 1.165) is 123 Å². The van der Waals surface area contributed by atoms with Crippen molar-refractivity contribution in [3.05, 3.63) is 33.5 Å². The zero-order chi connectivity index (χ0) is 41.9. The first-order chi connectivity index (χ1) is 28.6. The highest BCUT2D eigenvalue weighted by molar-refractivity contribution is 9.09. The maximum Gasteiger partial charge on any atom is 0.225 e. The zero-order valence-electron chi connectivity index (χ0n) is 35.3. The monoisotopic (exact) mass is 952 g/mol. The highest BCUT2D eigenvalue weighted by Gasteiger charge is 2.34. The number of primary amides is 2. The van der Waals surface area contributed by atoms with Crippen LogP contribution in [-0.4, -0.2) is 114 Å². The van der Waals surface area contributed by atoms with Gasteiger partial charge in [0.15, 0.2) is 0 Å². The molecule has 60 heavy (non-hydrogen) atoms. The van der Waals surface area contributed by atoms with Crippen molar-refractivity contribution in [3.8, 4) is 11.8 Å². The van der Waals surface area contributed by atoms with Gasteiger partial charge in [-0.25, -0.2) is 19.9 Å². The third-order valence-corrected chi connectivity index (χ3v) is 14.8. The number of rotatable bonds is 15. The minimum atomic E-state index is -0.252. The molecule has 4 aliphatic carbocycles. The van der Waals surface area contributed by atoms with Gasteiger partial charge in [-0.05, 0) is 114 Å². The number of amides is 2. The lowest BCUT2D eigenvalue weighted by Crippen LogP contribution is -2.39. The number of methoxy groups -OCH3 is 2. The molecule has 4 heterocycles. The number of aryl methyl sites for hydroxylation is 2. The number of hydrogen-bond acceptors (Lipinski definition) is 14. The summed E-state index contributed by atoms with van der Waals surface area (Å²) in [6.45, 7) is 2.53. The van der Waals surface area contributed by atoms with Crippen molar-refractivity contribution in [1.29, 1.82) is 0 Å². The number of fused-ring (bicyclic) bond motifs is 6. The molecule has 332 valence electrons. The van der Waals surface area contributed by atoms with Gasteiger partial charge >= 0.3 is 0 Å². The molecule has 0 bridgehead atoms. The van der Waals surface area contributed by atoms with Crippen molar-refractivity contribution >= 4 is 83.3 Å². The Bertz CT molecular complexity index is 1990. The smallest absolute Gasteiger partial charge is 0.225 e. The fraction of sp³-hybridized carbons (Fsp3) is 0.667. The molecular weight excluding hydrogens is 892 g/mol. The van der Waals surface area contributed by atoms with Gasteiger partial charge in [-0.3, -0.25) is 9.59 Å². The highest BCUT2D eigenvalue weighted by atomic mass is 79.9. The molecule has 18 heteroatoms. The van der Waals surface area contributed by atoms with Crippen molar-refractivity contribution in [1.82, 2.24) is 30.2 Å². The van der Waals surface area contributed by atoms with E-state index in [4.69, 9.17) is 25.7 Å². The third kappa shape index (κ3) is 12.2. The first-order valence-corrected chi connectivity index (χ1v) is 23.7. The van der Waals surface area contributed by atoms with Gasteiger partial charge in [0.05, 0.1) is 24.0 Å². The van der Waals surface area contributed by atoms with Crippen LogP contribution in [0.1, 0.15) is 110 Å². The molecule has 4 aromatic rings. The van der Waals surface area contributed by atoms with E-state index in [1.165, 1.54) is 20.9 Å². The van der Waals surface area contributed by atoms with Gasteiger partial charge in [0, 0.05) is 60.8 Å². The number of hydrogen-bond donors (Lipinski definition) is 3. The fourth-order valence-corrected chi connectivity index (χ4v) is 11.8.